The maximum Gasteiger partial charge on any atom is 0.161 e. The molecule has 0 fully saturated rings. The first kappa shape index (κ1) is 11.3. The summed E-state index contributed by atoms with van der Waals surface area (Å²) < 4.78 is 12.6. The number of nitrogens with two attached hydrogens (primary N) is 1. The van der Waals surface area contributed by atoms with E-state index in [9.17, 15) is 0 Å². The Morgan fingerprint density at radius 1 is 1.29 bits per heavy atom. The number of hydrogen-bond donors (Lipinski definition) is 1. The van der Waals surface area contributed by atoms with Gasteiger partial charge in [0.1, 0.15) is 6.61 Å². The van der Waals surface area contributed by atoms with Gasteiger partial charge >= 0.3 is 0 Å². The van der Waals surface area contributed by atoms with E-state index in [1.165, 1.54) is 0 Å². The fraction of sp³-hybridized carbons (Fsp3) is 0.250. The molecule has 0 unspecified atom stereocenters. The molecule has 0 spiro atoms. The summed E-state index contributed by atoms with van der Waals surface area (Å²) in [7, 11) is 3.44. The minimum Gasteiger partial charge on any atom is -0.493 e. The Kier molecular flexibility index (Phi) is 3.18. The molecule has 0 bridgehead atoms. The highest BCUT2D eigenvalue weighted by atomic mass is 16.5. The topological polar surface area (TPSA) is 62.3 Å². The van der Waals surface area contributed by atoms with Crippen molar-refractivity contribution in [2.45, 2.75) is 6.61 Å². The Labute approximate surface area is 99.8 Å². The third kappa shape index (κ3) is 2.33. The van der Waals surface area contributed by atoms with E-state index < -0.39 is 0 Å². The summed E-state index contributed by atoms with van der Waals surface area (Å²) in [5.74, 6) is 1.39. The van der Waals surface area contributed by atoms with E-state index in [1.54, 1.807) is 18.0 Å². The molecule has 0 aliphatic carbocycles. The van der Waals surface area contributed by atoms with Crippen LogP contribution in [0.5, 0.6) is 11.5 Å². The molecule has 0 saturated carbocycles. The summed E-state index contributed by atoms with van der Waals surface area (Å²) in [6.45, 7) is 0.364. The van der Waals surface area contributed by atoms with Crippen LogP contribution in [0, 0.1) is 0 Å². The molecule has 5 heteroatoms. The SMILES string of the molecule is COc1ccccc1OCc1c(N)cnn1C. The Hall–Kier alpha value is -2.17. The van der Waals surface area contributed by atoms with Crippen molar-refractivity contribution in [1.82, 2.24) is 9.78 Å². The van der Waals surface area contributed by atoms with Crippen LogP contribution in [-0.2, 0) is 13.7 Å². The molecule has 0 aliphatic heterocycles. The van der Waals surface area contributed by atoms with Gasteiger partial charge in [0.15, 0.2) is 11.5 Å². The molecule has 5 nitrogen and oxygen atoms in total. The minimum atomic E-state index is 0.364. The van der Waals surface area contributed by atoms with Gasteiger partial charge in [-0.05, 0) is 12.1 Å². The molecule has 2 rings (SSSR count). The molecule has 0 amide bonds. The predicted molar refractivity (Wildman–Crippen MR) is 64.9 cm³/mol. The van der Waals surface area contributed by atoms with Crippen LogP contribution < -0.4 is 15.2 Å². The number of aromatic nitrogens is 2. The first-order chi connectivity index (χ1) is 8.22. The van der Waals surface area contributed by atoms with Crippen molar-refractivity contribution in [1.29, 1.82) is 0 Å². The molecule has 1 heterocycles. The molecular weight excluding hydrogens is 218 g/mol. The van der Waals surface area contributed by atoms with Gasteiger partial charge in [-0.1, -0.05) is 12.1 Å². The van der Waals surface area contributed by atoms with Gasteiger partial charge in [-0.25, -0.2) is 0 Å². The summed E-state index contributed by atoms with van der Waals surface area (Å²) in [6, 6.07) is 7.49. The van der Waals surface area contributed by atoms with E-state index in [0.717, 1.165) is 5.69 Å². The third-order valence-corrected chi connectivity index (χ3v) is 2.53. The van der Waals surface area contributed by atoms with Crippen LogP contribution in [-0.4, -0.2) is 16.9 Å². The number of nitrogen functional groups attached to an aromatic ring is 1. The summed E-state index contributed by atoms with van der Waals surface area (Å²) in [5, 5.41) is 4.05. The maximum atomic E-state index is 5.78. The van der Waals surface area contributed by atoms with Gasteiger partial charge in [0, 0.05) is 7.05 Å². The van der Waals surface area contributed by atoms with Crippen LogP contribution in [0.15, 0.2) is 30.5 Å². The molecule has 0 radical (unpaired) electrons. The Balaban J connectivity index is 2.12. The van der Waals surface area contributed by atoms with Crippen molar-refractivity contribution < 1.29 is 9.47 Å². The second-order valence-corrected chi connectivity index (χ2v) is 3.61. The zero-order valence-corrected chi connectivity index (χ0v) is 9.88. The zero-order chi connectivity index (χ0) is 12.3. The van der Waals surface area contributed by atoms with Crippen molar-refractivity contribution in [3.8, 4) is 11.5 Å². The largest absolute Gasteiger partial charge is 0.493 e. The Morgan fingerprint density at radius 3 is 2.59 bits per heavy atom. The highest BCUT2D eigenvalue weighted by Gasteiger charge is 2.08. The average Bonchev–Trinajstić information content (AvgIpc) is 2.67. The quantitative estimate of drug-likeness (QED) is 0.871. The third-order valence-electron chi connectivity index (χ3n) is 2.53. The van der Waals surface area contributed by atoms with Gasteiger partial charge in [-0.2, -0.15) is 5.10 Å². The molecular formula is C12H15N3O2. The monoisotopic (exact) mass is 233 g/mol. The predicted octanol–water partition coefficient (Wildman–Crippen LogP) is 1.59. The summed E-state index contributed by atoms with van der Waals surface area (Å²) in [5.41, 5.74) is 7.25. The van der Waals surface area contributed by atoms with E-state index in [2.05, 4.69) is 5.10 Å². The molecule has 17 heavy (non-hydrogen) atoms. The molecule has 0 saturated heterocycles. The standard InChI is InChI=1S/C12H15N3O2/c1-15-10(9(13)7-14-15)8-17-12-6-4-3-5-11(12)16-2/h3-7H,8,13H2,1-2H3. The van der Waals surface area contributed by atoms with Crippen LogP contribution in [0.25, 0.3) is 0 Å². The number of benzene rings is 1. The van der Waals surface area contributed by atoms with E-state index >= 15 is 0 Å². The number of para-hydroxylation sites is 2. The molecule has 90 valence electrons. The first-order valence-corrected chi connectivity index (χ1v) is 5.24. The first-order valence-electron chi connectivity index (χ1n) is 5.24. The molecule has 1 aromatic heterocycles. The highest BCUT2D eigenvalue weighted by molar-refractivity contribution is 5.42. The normalized spacial score (nSPS) is 10.2. The molecule has 2 N–H and O–H groups in total. The molecule has 1 aromatic carbocycles. The smallest absolute Gasteiger partial charge is 0.161 e. The lowest BCUT2D eigenvalue weighted by atomic mass is 10.3. The van der Waals surface area contributed by atoms with E-state index in [4.69, 9.17) is 15.2 Å². The van der Waals surface area contributed by atoms with Crippen LogP contribution in [0.1, 0.15) is 5.69 Å². The van der Waals surface area contributed by atoms with Gasteiger partial charge in [-0.3, -0.25) is 4.68 Å². The van der Waals surface area contributed by atoms with E-state index in [-0.39, 0.29) is 0 Å². The van der Waals surface area contributed by atoms with Crippen LogP contribution >= 0.6 is 0 Å². The minimum absolute atomic E-state index is 0.364. The number of hydrogen-bond acceptors (Lipinski definition) is 4. The number of anilines is 1. The van der Waals surface area contributed by atoms with E-state index in [1.807, 2.05) is 31.3 Å². The second kappa shape index (κ2) is 4.78. The van der Waals surface area contributed by atoms with Crippen molar-refractivity contribution in [3.05, 3.63) is 36.2 Å². The molecule has 0 atom stereocenters. The van der Waals surface area contributed by atoms with Gasteiger partial charge in [0.05, 0.1) is 24.7 Å². The maximum absolute atomic E-state index is 5.78. The fourth-order valence-corrected chi connectivity index (χ4v) is 1.54. The van der Waals surface area contributed by atoms with Crippen molar-refractivity contribution in [3.63, 3.8) is 0 Å². The van der Waals surface area contributed by atoms with Crippen molar-refractivity contribution >= 4 is 5.69 Å². The number of aryl methyl sites for hydroxylation is 1. The van der Waals surface area contributed by atoms with E-state index in [0.29, 0.717) is 23.8 Å². The van der Waals surface area contributed by atoms with Crippen LogP contribution in [0.3, 0.4) is 0 Å². The van der Waals surface area contributed by atoms with Gasteiger partial charge in [-0.15, -0.1) is 0 Å². The number of ether oxygens (including phenoxy) is 2. The fourth-order valence-electron chi connectivity index (χ4n) is 1.54. The number of nitrogens with zero attached hydrogens (tertiary/aromatic N) is 2. The van der Waals surface area contributed by atoms with Gasteiger partial charge < -0.3 is 15.2 Å². The average molecular weight is 233 g/mol. The molecule has 2 aromatic rings. The number of methoxy groups -OCH3 is 1. The summed E-state index contributed by atoms with van der Waals surface area (Å²) >= 11 is 0. The highest BCUT2D eigenvalue weighted by Crippen LogP contribution is 2.27. The lowest BCUT2D eigenvalue weighted by Gasteiger charge is -2.10. The van der Waals surface area contributed by atoms with Crippen molar-refractivity contribution in [2.24, 2.45) is 7.05 Å². The lowest BCUT2D eigenvalue weighted by Crippen LogP contribution is -2.05. The summed E-state index contributed by atoms with van der Waals surface area (Å²) in [4.78, 5) is 0. The van der Waals surface area contributed by atoms with Crippen LogP contribution in [0.4, 0.5) is 5.69 Å². The second-order valence-electron chi connectivity index (χ2n) is 3.61. The zero-order valence-electron chi connectivity index (χ0n) is 9.88. The lowest BCUT2D eigenvalue weighted by molar-refractivity contribution is 0.276. The Morgan fingerprint density at radius 2 is 2.00 bits per heavy atom. The Bertz CT molecular complexity index is 489. The van der Waals surface area contributed by atoms with Gasteiger partial charge in [0.2, 0.25) is 0 Å². The van der Waals surface area contributed by atoms with Crippen molar-refractivity contribution in [2.75, 3.05) is 12.8 Å². The summed E-state index contributed by atoms with van der Waals surface area (Å²) in [6.07, 6.45) is 1.61. The van der Waals surface area contributed by atoms with Crippen LogP contribution in [0.2, 0.25) is 0 Å². The number of rotatable bonds is 4. The van der Waals surface area contributed by atoms with Gasteiger partial charge in [0.25, 0.3) is 0 Å². The molecule has 0 aliphatic rings.